The van der Waals surface area contributed by atoms with E-state index in [1.807, 2.05) is 94.4 Å². The third-order valence-electron chi connectivity index (χ3n) is 6.47. The van der Waals surface area contributed by atoms with Crippen molar-refractivity contribution in [3.05, 3.63) is 131 Å². The van der Waals surface area contributed by atoms with Crippen LogP contribution in [0, 0.1) is 20.8 Å². The molecule has 1 unspecified atom stereocenters. The molecular formula is C34H33N3O3S. The second-order valence-electron chi connectivity index (χ2n) is 9.82. The predicted molar refractivity (Wildman–Crippen MR) is 168 cm³/mol. The molecule has 0 aliphatic rings. The zero-order valence-electron chi connectivity index (χ0n) is 23.5. The lowest BCUT2D eigenvalue weighted by atomic mass is 10.1. The summed E-state index contributed by atoms with van der Waals surface area (Å²) in [5.74, 6) is -0.954. The Morgan fingerprint density at radius 2 is 1.44 bits per heavy atom. The van der Waals surface area contributed by atoms with Gasteiger partial charge in [-0.1, -0.05) is 60.2 Å². The number of rotatable bonds is 9. The standard InChI is InChI=1S/C34H33N3O3S/c1-22-13-16-26(17-14-22)20-31(37-33(39)27-9-6-5-7-10-27)34(40)36-28-11-8-12-30(21-28)41-25(4)32(38)35-29-18-15-23(2)24(3)19-29/h5-21,25H,1-4H3,(H,35,38)(H,36,40)(H,37,39)/b31-20-. The van der Waals surface area contributed by atoms with Gasteiger partial charge in [-0.3, -0.25) is 14.4 Å². The second-order valence-corrected chi connectivity index (χ2v) is 11.2. The van der Waals surface area contributed by atoms with Gasteiger partial charge in [0.25, 0.3) is 11.8 Å². The molecule has 208 valence electrons. The first-order valence-electron chi connectivity index (χ1n) is 13.3. The highest BCUT2D eigenvalue weighted by Gasteiger charge is 2.17. The SMILES string of the molecule is Cc1ccc(/C=C(\NC(=O)c2ccccc2)C(=O)Nc2cccc(SC(C)C(=O)Nc3ccc(C)c(C)c3)c2)cc1. The van der Waals surface area contributed by atoms with E-state index in [9.17, 15) is 14.4 Å². The Hall–Kier alpha value is -4.62. The van der Waals surface area contributed by atoms with Gasteiger partial charge < -0.3 is 16.0 Å². The van der Waals surface area contributed by atoms with Crippen LogP contribution < -0.4 is 16.0 Å². The van der Waals surface area contributed by atoms with Crippen molar-refractivity contribution in [2.75, 3.05) is 10.6 Å². The van der Waals surface area contributed by atoms with Crippen LogP contribution in [0.15, 0.2) is 108 Å². The van der Waals surface area contributed by atoms with E-state index in [1.165, 1.54) is 17.3 Å². The number of amides is 3. The first-order chi connectivity index (χ1) is 19.7. The van der Waals surface area contributed by atoms with Gasteiger partial charge in [0, 0.05) is 21.8 Å². The molecule has 0 saturated carbocycles. The Morgan fingerprint density at radius 1 is 0.732 bits per heavy atom. The van der Waals surface area contributed by atoms with Gasteiger partial charge in [-0.15, -0.1) is 11.8 Å². The number of thioether (sulfide) groups is 1. The van der Waals surface area contributed by atoms with Gasteiger partial charge in [0.2, 0.25) is 5.91 Å². The summed E-state index contributed by atoms with van der Waals surface area (Å²) in [6, 6.07) is 29.5. The lowest BCUT2D eigenvalue weighted by Crippen LogP contribution is -2.30. The summed E-state index contributed by atoms with van der Waals surface area (Å²) in [5.41, 5.74) is 6.02. The van der Waals surface area contributed by atoms with E-state index in [-0.39, 0.29) is 22.8 Å². The fourth-order valence-corrected chi connectivity index (χ4v) is 4.86. The van der Waals surface area contributed by atoms with E-state index >= 15 is 0 Å². The molecule has 0 saturated heterocycles. The number of aryl methyl sites for hydroxylation is 3. The topological polar surface area (TPSA) is 87.3 Å². The number of carbonyl (C=O) groups is 3. The average molecular weight is 564 g/mol. The van der Waals surface area contributed by atoms with Crippen molar-refractivity contribution in [1.82, 2.24) is 5.32 Å². The monoisotopic (exact) mass is 563 g/mol. The molecule has 0 heterocycles. The number of anilines is 2. The van der Waals surface area contributed by atoms with Crippen LogP contribution in [0.25, 0.3) is 6.08 Å². The number of hydrogen-bond acceptors (Lipinski definition) is 4. The van der Waals surface area contributed by atoms with Crippen LogP contribution in [0.3, 0.4) is 0 Å². The van der Waals surface area contributed by atoms with Crippen LogP contribution in [0.5, 0.6) is 0 Å². The minimum Gasteiger partial charge on any atom is -0.325 e. The van der Waals surface area contributed by atoms with E-state index in [1.54, 1.807) is 36.4 Å². The molecule has 4 rings (SSSR count). The minimum atomic E-state index is -0.461. The molecule has 0 spiro atoms. The van der Waals surface area contributed by atoms with Gasteiger partial charge in [-0.05, 0) is 92.9 Å². The fraction of sp³-hybridized carbons (Fsp3) is 0.147. The number of carbonyl (C=O) groups excluding carboxylic acids is 3. The van der Waals surface area contributed by atoms with Crippen LogP contribution in [-0.2, 0) is 9.59 Å². The summed E-state index contributed by atoms with van der Waals surface area (Å²) >= 11 is 1.39. The predicted octanol–water partition coefficient (Wildman–Crippen LogP) is 7.14. The first kappa shape index (κ1) is 29.4. The summed E-state index contributed by atoms with van der Waals surface area (Å²) < 4.78 is 0. The molecular weight excluding hydrogens is 530 g/mol. The molecule has 0 fully saturated rings. The van der Waals surface area contributed by atoms with Crippen LogP contribution in [0.4, 0.5) is 11.4 Å². The van der Waals surface area contributed by atoms with Gasteiger partial charge in [-0.2, -0.15) is 0 Å². The van der Waals surface area contributed by atoms with Gasteiger partial charge in [0.15, 0.2) is 0 Å². The quantitative estimate of drug-likeness (QED) is 0.149. The van der Waals surface area contributed by atoms with Crippen molar-refractivity contribution in [3.8, 4) is 0 Å². The van der Waals surface area contributed by atoms with Crippen molar-refractivity contribution in [2.45, 2.75) is 37.8 Å². The zero-order chi connectivity index (χ0) is 29.4. The molecule has 4 aromatic carbocycles. The molecule has 3 amide bonds. The summed E-state index contributed by atoms with van der Waals surface area (Å²) in [5, 5.41) is 8.25. The highest BCUT2D eigenvalue weighted by molar-refractivity contribution is 8.00. The van der Waals surface area contributed by atoms with E-state index < -0.39 is 5.91 Å². The summed E-state index contributed by atoms with van der Waals surface area (Å²) in [7, 11) is 0. The van der Waals surface area contributed by atoms with Crippen LogP contribution in [0.2, 0.25) is 0 Å². The van der Waals surface area contributed by atoms with Gasteiger partial charge in [-0.25, -0.2) is 0 Å². The average Bonchev–Trinajstić information content (AvgIpc) is 2.96. The van der Waals surface area contributed by atoms with E-state index in [4.69, 9.17) is 0 Å². The molecule has 0 bridgehead atoms. The molecule has 6 nitrogen and oxygen atoms in total. The fourth-order valence-electron chi connectivity index (χ4n) is 3.94. The molecule has 7 heteroatoms. The van der Waals surface area contributed by atoms with Gasteiger partial charge in [0.1, 0.15) is 5.70 Å². The van der Waals surface area contributed by atoms with Crippen molar-refractivity contribution in [2.24, 2.45) is 0 Å². The second kappa shape index (κ2) is 13.6. The molecule has 3 N–H and O–H groups in total. The Morgan fingerprint density at radius 3 is 2.15 bits per heavy atom. The van der Waals surface area contributed by atoms with Crippen LogP contribution >= 0.6 is 11.8 Å². The first-order valence-corrected chi connectivity index (χ1v) is 14.2. The molecule has 0 aliphatic heterocycles. The summed E-state index contributed by atoms with van der Waals surface area (Å²) in [6.45, 7) is 7.87. The smallest absolute Gasteiger partial charge is 0.272 e. The normalized spacial score (nSPS) is 11.9. The minimum absolute atomic E-state index is 0.111. The Kier molecular flexibility index (Phi) is 9.77. The number of benzene rings is 4. The lowest BCUT2D eigenvalue weighted by molar-refractivity contribution is -0.115. The van der Waals surface area contributed by atoms with E-state index in [2.05, 4.69) is 16.0 Å². The van der Waals surface area contributed by atoms with Crippen molar-refractivity contribution < 1.29 is 14.4 Å². The molecule has 0 aliphatic carbocycles. The van der Waals surface area contributed by atoms with Gasteiger partial charge in [0.05, 0.1) is 5.25 Å². The van der Waals surface area contributed by atoms with Gasteiger partial charge >= 0.3 is 0 Å². The largest absolute Gasteiger partial charge is 0.325 e. The van der Waals surface area contributed by atoms with Crippen molar-refractivity contribution in [1.29, 1.82) is 0 Å². The maximum atomic E-state index is 13.4. The highest BCUT2D eigenvalue weighted by atomic mass is 32.2. The Balaban J connectivity index is 1.47. The Labute approximate surface area is 245 Å². The highest BCUT2D eigenvalue weighted by Crippen LogP contribution is 2.27. The zero-order valence-corrected chi connectivity index (χ0v) is 24.3. The maximum Gasteiger partial charge on any atom is 0.272 e. The van der Waals surface area contributed by atoms with Crippen LogP contribution in [0.1, 0.15) is 39.5 Å². The molecule has 0 aromatic heterocycles. The van der Waals surface area contributed by atoms with Crippen molar-refractivity contribution >= 4 is 46.9 Å². The van der Waals surface area contributed by atoms with E-state index in [0.717, 1.165) is 27.3 Å². The molecule has 41 heavy (non-hydrogen) atoms. The maximum absolute atomic E-state index is 13.4. The van der Waals surface area contributed by atoms with Crippen LogP contribution in [-0.4, -0.2) is 23.0 Å². The number of nitrogens with one attached hydrogen (secondary N) is 3. The molecule has 4 aromatic rings. The lowest BCUT2D eigenvalue weighted by Gasteiger charge is -2.14. The van der Waals surface area contributed by atoms with E-state index in [0.29, 0.717) is 11.3 Å². The summed E-state index contributed by atoms with van der Waals surface area (Å²) in [6.07, 6.45) is 1.65. The third-order valence-corrected chi connectivity index (χ3v) is 7.56. The molecule has 0 radical (unpaired) electrons. The third kappa shape index (κ3) is 8.43. The summed E-state index contributed by atoms with van der Waals surface area (Å²) in [4.78, 5) is 39.9. The Bertz CT molecular complexity index is 1580. The number of hydrogen-bond donors (Lipinski definition) is 3. The van der Waals surface area contributed by atoms with Crippen molar-refractivity contribution in [3.63, 3.8) is 0 Å². The molecule has 1 atom stereocenters.